The summed E-state index contributed by atoms with van der Waals surface area (Å²) in [5, 5.41) is 10.5. The molecule has 80 valence electrons. The molecule has 0 aliphatic carbocycles. The van der Waals surface area contributed by atoms with E-state index in [4.69, 9.17) is 5.73 Å². The van der Waals surface area contributed by atoms with Crippen molar-refractivity contribution in [1.82, 2.24) is 15.2 Å². The van der Waals surface area contributed by atoms with Crippen LogP contribution in [0.5, 0.6) is 0 Å². The molecule has 1 aromatic carbocycles. The molecule has 0 spiro atoms. The van der Waals surface area contributed by atoms with E-state index in [1.807, 2.05) is 12.1 Å². The molecule has 0 aliphatic heterocycles. The second kappa shape index (κ2) is 3.57. The van der Waals surface area contributed by atoms with Crippen molar-refractivity contribution in [3.05, 3.63) is 36.2 Å². The van der Waals surface area contributed by atoms with E-state index >= 15 is 0 Å². The van der Waals surface area contributed by atoms with Crippen molar-refractivity contribution >= 4 is 21.8 Å². The van der Waals surface area contributed by atoms with Crippen LogP contribution in [0.25, 0.3) is 21.8 Å². The number of benzene rings is 1. The zero-order valence-corrected chi connectivity index (χ0v) is 8.77. The predicted molar refractivity (Wildman–Crippen MR) is 64.2 cm³/mol. The summed E-state index contributed by atoms with van der Waals surface area (Å²) in [5.74, 6) is 0. The number of fused-ring (bicyclic) bond motifs is 3. The fourth-order valence-electron chi connectivity index (χ4n) is 2.09. The lowest BCUT2D eigenvalue weighted by Crippen LogP contribution is -2.05. The molecule has 0 saturated carbocycles. The van der Waals surface area contributed by atoms with Crippen LogP contribution in [0.3, 0.4) is 0 Å². The number of para-hydroxylation sites is 1. The van der Waals surface area contributed by atoms with Gasteiger partial charge in [0.2, 0.25) is 0 Å². The van der Waals surface area contributed by atoms with Crippen LogP contribution < -0.4 is 5.73 Å². The van der Waals surface area contributed by atoms with Crippen molar-refractivity contribution in [3.8, 4) is 0 Å². The average molecular weight is 212 g/mol. The minimum atomic E-state index is 0.591. The van der Waals surface area contributed by atoms with Gasteiger partial charge < -0.3 is 10.7 Å². The van der Waals surface area contributed by atoms with Gasteiger partial charge in [0.25, 0.3) is 0 Å². The first-order chi connectivity index (χ1) is 7.90. The smallest absolute Gasteiger partial charge is 0.0743 e. The fourth-order valence-corrected chi connectivity index (χ4v) is 2.09. The number of hydrogen-bond acceptors (Lipinski definition) is 3. The summed E-state index contributed by atoms with van der Waals surface area (Å²) in [6, 6.07) is 8.20. The standard InChI is InChI=1S/C12H12N4/c13-6-5-10-12-8-3-1-2-4-9(8)15-11(12)7-14-16-10/h1-4,7,15H,5-6,13H2. The molecule has 16 heavy (non-hydrogen) atoms. The Kier molecular flexibility index (Phi) is 2.08. The Morgan fingerprint density at radius 1 is 1.19 bits per heavy atom. The van der Waals surface area contributed by atoms with E-state index in [0.29, 0.717) is 6.54 Å². The molecule has 2 heterocycles. The topological polar surface area (TPSA) is 67.6 Å². The maximum absolute atomic E-state index is 5.59. The summed E-state index contributed by atoms with van der Waals surface area (Å²) in [5.41, 5.74) is 8.70. The zero-order valence-electron chi connectivity index (χ0n) is 8.77. The van der Waals surface area contributed by atoms with Gasteiger partial charge in [-0.05, 0) is 12.6 Å². The van der Waals surface area contributed by atoms with Crippen LogP contribution in [-0.4, -0.2) is 21.7 Å². The number of nitrogens with zero attached hydrogens (tertiary/aromatic N) is 2. The van der Waals surface area contributed by atoms with Gasteiger partial charge in [-0.25, -0.2) is 0 Å². The number of nitrogens with one attached hydrogen (secondary N) is 1. The van der Waals surface area contributed by atoms with E-state index in [2.05, 4.69) is 27.3 Å². The highest BCUT2D eigenvalue weighted by Gasteiger charge is 2.09. The second-order valence-corrected chi connectivity index (χ2v) is 3.79. The number of aromatic amines is 1. The molecule has 0 fully saturated rings. The number of hydrogen-bond donors (Lipinski definition) is 2. The van der Waals surface area contributed by atoms with E-state index in [1.165, 1.54) is 5.39 Å². The van der Waals surface area contributed by atoms with E-state index in [9.17, 15) is 0 Å². The third kappa shape index (κ3) is 1.27. The average Bonchev–Trinajstić information content (AvgIpc) is 2.68. The number of aromatic nitrogens is 3. The first-order valence-electron chi connectivity index (χ1n) is 5.31. The lowest BCUT2D eigenvalue weighted by atomic mass is 10.1. The second-order valence-electron chi connectivity index (χ2n) is 3.79. The molecule has 0 bridgehead atoms. The van der Waals surface area contributed by atoms with Crippen LogP contribution in [0.1, 0.15) is 5.69 Å². The zero-order chi connectivity index (χ0) is 11.0. The van der Waals surface area contributed by atoms with Gasteiger partial charge in [0, 0.05) is 22.7 Å². The first kappa shape index (κ1) is 9.30. The monoisotopic (exact) mass is 212 g/mol. The van der Waals surface area contributed by atoms with Crippen molar-refractivity contribution in [2.45, 2.75) is 6.42 Å². The van der Waals surface area contributed by atoms with Crippen LogP contribution in [0.15, 0.2) is 30.5 Å². The largest absolute Gasteiger partial charge is 0.353 e. The molecule has 0 atom stereocenters. The quantitative estimate of drug-likeness (QED) is 0.678. The van der Waals surface area contributed by atoms with Gasteiger partial charge in [0.1, 0.15) is 0 Å². The third-order valence-corrected chi connectivity index (χ3v) is 2.77. The lowest BCUT2D eigenvalue weighted by molar-refractivity contribution is 0.883. The maximum Gasteiger partial charge on any atom is 0.0743 e. The van der Waals surface area contributed by atoms with Gasteiger partial charge in [0.05, 0.1) is 17.4 Å². The van der Waals surface area contributed by atoms with Gasteiger partial charge >= 0.3 is 0 Å². The molecular formula is C12H12N4. The number of rotatable bonds is 2. The summed E-state index contributed by atoms with van der Waals surface area (Å²) in [7, 11) is 0. The Bertz CT molecular complexity index is 642. The molecular weight excluding hydrogens is 200 g/mol. The van der Waals surface area contributed by atoms with Gasteiger partial charge in [-0.2, -0.15) is 10.2 Å². The Morgan fingerprint density at radius 3 is 2.94 bits per heavy atom. The van der Waals surface area contributed by atoms with Crippen LogP contribution in [0, 0.1) is 0 Å². The lowest BCUT2D eigenvalue weighted by Gasteiger charge is -1.98. The summed E-state index contributed by atoms with van der Waals surface area (Å²) in [6.07, 6.45) is 2.52. The normalized spacial score (nSPS) is 11.3. The molecule has 0 unspecified atom stereocenters. The molecule has 3 aromatic rings. The molecule has 4 heteroatoms. The Balaban J connectivity index is 2.43. The van der Waals surface area contributed by atoms with E-state index in [-0.39, 0.29) is 0 Å². The summed E-state index contributed by atoms with van der Waals surface area (Å²) in [6.45, 7) is 0.591. The molecule has 0 aliphatic rings. The molecule has 4 nitrogen and oxygen atoms in total. The van der Waals surface area contributed by atoms with Crippen molar-refractivity contribution in [3.63, 3.8) is 0 Å². The highest BCUT2D eigenvalue weighted by molar-refractivity contribution is 6.08. The van der Waals surface area contributed by atoms with Gasteiger partial charge in [-0.3, -0.25) is 0 Å². The van der Waals surface area contributed by atoms with E-state index in [0.717, 1.165) is 28.5 Å². The van der Waals surface area contributed by atoms with Crippen LogP contribution >= 0.6 is 0 Å². The molecule has 2 aromatic heterocycles. The van der Waals surface area contributed by atoms with Crippen LogP contribution in [-0.2, 0) is 6.42 Å². The Labute approximate surface area is 92.5 Å². The maximum atomic E-state index is 5.59. The third-order valence-electron chi connectivity index (χ3n) is 2.77. The number of nitrogens with two attached hydrogens (primary N) is 1. The Morgan fingerprint density at radius 2 is 2.06 bits per heavy atom. The first-order valence-corrected chi connectivity index (χ1v) is 5.31. The van der Waals surface area contributed by atoms with Gasteiger partial charge in [-0.15, -0.1) is 0 Å². The minimum absolute atomic E-state index is 0.591. The molecule has 3 N–H and O–H groups in total. The van der Waals surface area contributed by atoms with Crippen molar-refractivity contribution in [2.75, 3.05) is 6.54 Å². The Hall–Kier alpha value is -1.94. The van der Waals surface area contributed by atoms with Crippen LogP contribution in [0.4, 0.5) is 0 Å². The summed E-state index contributed by atoms with van der Waals surface area (Å²) < 4.78 is 0. The van der Waals surface area contributed by atoms with Gasteiger partial charge in [-0.1, -0.05) is 18.2 Å². The molecule has 0 saturated heterocycles. The molecule has 0 radical (unpaired) electrons. The van der Waals surface area contributed by atoms with Crippen molar-refractivity contribution < 1.29 is 0 Å². The van der Waals surface area contributed by atoms with Crippen LogP contribution in [0.2, 0.25) is 0 Å². The van der Waals surface area contributed by atoms with E-state index in [1.54, 1.807) is 6.20 Å². The highest BCUT2D eigenvalue weighted by Crippen LogP contribution is 2.26. The number of H-pyrrole nitrogens is 1. The molecule has 0 amide bonds. The minimum Gasteiger partial charge on any atom is -0.353 e. The predicted octanol–water partition coefficient (Wildman–Crippen LogP) is 1.61. The highest BCUT2D eigenvalue weighted by atomic mass is 15.1. The SMILES string of the molecule is NCCc1nncc2[nH]c3ccccc3c12. The van der Waals surface area contributed by atoms with E-state index < -0.39 is 0 Å². The fraction of sp³-hybridized carbons (Fsp3) is 0.167. The van der Waals surface area contributed by atoms with Crippen molar-refractivity contribution in [1.29, 1.82) is 0 Å². The summed E-state index contributed by atoms with van der Waals surface area (Å²) >= 11 is 0. The molecule has 3 rings (SSSR count). The van der Waals surface area contributed by atoms with Gasteiger partial charge in [0.15, 0.2) is 0 Å². The summed E-state index contributed by atoms with van der Waals surface area (Å²) in [4.78, 5) is 3.33. The van der Waals surface area contributed by atoms with Crippen molar-refractivity contribution in [2.24, 2.45) is 5.73 Å².